The molecule has 0 atom stereocenters. The van der Waals surface area contributed by atoms with Crippen LogP contribution in [0.5, 0.6) is 0 Å². The number of aryl methyl sites for hydroxylation is 1. The Bertz CT molecular complexity index is 1030. The van der Waals surface area contributed by atoms with Crippen molar-refractivity contribution in [3.63, 3.8) is 0 Å². The normalized spacial score (nSPS) is 15.0. The molecule has 0 saturated carbocycles. The number of carbonyl (C=O) groups excluding carboxylic acids is 2. The monoisotopic (exact) mass is 514 g/mol. The molecule has 0 radical (unpaired) electrons. The Kier molecular flexibility index (Phi) is 7.67. The molecule has 1 aliphatic rings. The first kappa shape index (κ1) is 22.9. The molecule has 10 heteroatoms. The minimum atomic E-state index is -3.51. The smallest absolute Gasteiger partial charge is 0.311 e. The molecule has 0 unspecified atom stereocenters. The molecule has 2 aromatic rings. The van der Waals surface area contributed by atoms with Gasteiger partial charge in [-0.05, 0) is 55.7 Å². The average Bonchev–Trinajstić information content (AvgIpc) is 3.19. The summed E-state index contributed by atoms with van der Waals surface area (Å²) >= 11 is 4.46. The van der Waals surface area contributed by atoms with Crippen molar-refractivity contribution in [1.82, 2.24) is 4.31 Å². The Morgan fingerprint density at radius 1 is 1.17 bits per heavy atom. The van der Waals surface area contributed by atoms with Gasteiger partial charge >= 0.3 is 5.97 Å². The second-order valence-corrected chi connectivity index (χ2v) is 11.2. The lowest BCUT2D eigenvalue weighted by atomic mass is 10.2. The van der Waals surface area contributed by atoms with E-state index in [-0.39, 0.29) is 10.6 Å². The molecule has 2 heterocycles. The van der Waals surface area contributed by atoms with Crippen LogP contribution in [0.25, 0.3) is 0 Å². The zero-order valence-electron chi connectivity index (χ0n) is 16.5. The van der Waals surface area contributed by atoms with E-state index < -0.39 is 28.5 Å². The van der Waals surface area contributed by atoms with Gasteiger partial charge in [0, 0.05) is 28.1 Å². The number of thiophene rings is 1. The molecule has 1 aliphatic heterocycles. The Labute approximate surface area is 188 Å². The quantitative estimate of drug-likeness (QED) is 0.568. The number of esters is 1. The summed E-state index contributed by atoms with van der Waals surface area (Å²) in [7, 11) is -3.51. The molecule has 0 spiro atoms. The summed E-state index contributed by atoms with van der Waals surface area (Å²) in [5.74, 6) is -1.02. The van der Waals surface area contributed by atoms with Gasteiger partial charge in [0.1, 0.15) is 4.21 Å². The molecule has 30 heavy (non-hydrogen) atoms. The summed E-state index contributed by atoms with van der Waals surface area (Å²) in [5.41, 5.74) is 1.58. The summed E-state index contributed by atoms with van der Waals surface area (Å²) < 4.78 is 33.1. The molecule has 162 valence electrons. The van der Waals surface area contributed by atoms with Crippen molar-refractivity contribution >= 4 is 54.9 Å². The van der Waals surface area contributed by atoms with E-state index in [1.807, 2.05) is 13.0 Å². The van der Waals surface area contributed by atoms with Crippen LogP contribution in [0.4, 0.5) is 5.69 Å². The number of sulfonamides is 1. The van der Waals surface area contributed by atoms with E-state index >= 15 is 0 Å². The van der Waals surface area contributed by atoms with Crippen LogP contribution in [0.1, 0.15) is 29.7 Å². The Balaban J connectivity index is 1.50. The Morgan fingerprint density at radius 3 is 2.60 bits per heavy atom. The van der Waals surface area contributed by atoms with Crippen molar-refractivity contribution < 1.29 is 22.7 Å². The fraction of sp³-hybridized carbons (Fsp3) is 0.400. The number of anilines is 1. The van der Waals surface area contributed by atoms with Gasteiger partial charge in [0.2, 0.25) is 0 Å². The van der Waals surface area contributed by atoms with Crippen molar-refractivity contribution in [2.45, 2.75) is 36.8 Å². The Hall–Kier alpha value is -1.75. The number of hydrogen-bond acceptors (Lipinski definition) is 6. The molecule has 1 fully saturated rings. The fourth-order valence-corrected chi connectivity index (χ4v) is 6.34. The number of ether oxygens (including phenoxy) is 1. The van der Waals surface area contributed by atoms with Gasteiger partial charge in [0.15, 0.2) is 6.61 Å². The summed E-state index contributed by atoms with van der Waals surface area (Å²) in [5, 5.41) is 2.67. The predicted octanol–water partition coefficient (Wildman–Crippen LogP) is 3.72. The number of carbonyl (C=O) groups is 2. The maximum absolute atomic E-state index is 12.7. The van der Waals surface area contributed by atoms with E-state index in [1.165, 1.54) is 10.4 Å². The second-order valence-electron chi connectivity index (χ2n) is 7.04. The van der Waals surface area contributed by atoms with E-state index in [2.05, 4.69) is 21.2 Å². The minimum absolute atomic E-state index is 0.0785. The van der Waals surface area contributed by atoms with E-state index in [9.17, 15) is 18.0 Å². The molecule has 1 N–H and O–H groups in total. The maximum atomic E-state index is 12.7. The molecule has 3 rings (SSSR count). The van der Waals surface area contributed by atoms with Gasteiger partial charge in [-0.3, -0.25) is 9.59 Å². The van der Waals surface area contributed by atoms with Crippen molar-refractivity contribution in [2.24, 2.45) is 0 Å². The van der Waals surface area contributed by atoms with Crippen LogP contribution in [0.3, 0.4) is 0 Å². The lowest BCUT2D eigenvalue weighted by Crippen LogP contribution is -2.35. The topological polar surface area (TPSA) is 92.8 Å². The van der Waals surface area contributed by atoms with Gasteiger partial charge in [-0.15, -0.1) is 11.3 Å². The van der Waals surface area contributed by atoms with E-state index in [0.717, 1.165) is 40.6 Å². The lowest BCUT2D eigenvalue weighted by Gasteiger charge is -2.25. The van der Waals surface area contributed by atoms with Gasteiger partial charge in [0.25, 0.3) is 15.9 Å². The van der Waals surface area contributed by atoms with Gasteiger partial charge < -0.3 is 10.1 Å². The van der Waals surface area contributed by atoms with Crippen molar-refractivity contribution in [1.29, 1.82) is 0 Å². The van der Waals surface area contributed by atoms with Crippen molar-refractivity contribution in [3.05, 3.63) is 45.2 Å². The van der Waals surface area contributed by atoms with E-state index in [1.54, 1.807) is 18.2 Å². The number of nitrogens with one attached hydrogen (secondary N) is 1. The predicted molar refractivity (Wildman–Crippen MR) is 119 cm³/mol. The highest BCUT2D eigenvalue weighted by Crippen LogP contribution is 2.27. The number of halogens is 1. The van der Waals surface area contributed by atoms with Crippen LogP contribution in [-0.2, 0) is 30.8 Å². The number of amides is 1. The first-order chi connectivity index (χ1) is 14.3. The standard InChI is InChI=1S/C20H23BrN2O5S2/c1-14-11-15(5-7-17(14)21)22-18(24)13-28-19(25)12-16-6-8-20(29-16)30(26,27)23-9-3-2-4-10-23/h5-8,11H,2-4,9-10,12-13H2,1H3,(H,22,24). The highest BCUT2D eigenvalue weighted by atomic mass is 79.9. The molecule has 1 aromatic carbocycles. The largest absolute Gasteiger partial charge is 0.455 e. The van der Waals surface area contributed by atoms with Gasteiger partial charge in [0.05, 0.1) is 6.42 Å². The van der Waals surface area contributed by atoms with Gasteiger partial charge in [-0.1, -0.05) is 22.4 Å². The van der Waals surface area contributed by atoms with Crippen LogP contribution < -0.4 is 5.32 Å². The van der Waals surface area contributed by atoms with Crippen molar-refractivity contribution in [3.8, 4) is 0 Å². The molecule has 1 amide bonds. The first-order valence-corrected chi connectivity index (χ1v) is 12.6. The second kappa shape index (κ2) is 10.0. The third-order valence-corrected chi connectivity index (χ3v) is 9.01. The third kappa shape index (κ3) is 5.90. The number of piperidine rings is 1. The lowest BCUT2D eigenvalue weighted by molar-refractivity contribution is -0.146. The molecular formula is C20H23BrN2O5S2. The zero-order valence-corrected chi connectivity index (χ0v) is 19.7. The Morgan fingerprint density at radius 2 is 1.90 bits per heavy atom. The van der Waals surface area contributed by atoms with Gasteiger partial charge in [-0.25, -0.2) is 8.42 Å². The SMILES string of the molecule is Cc1cc(NC(=O)COC(=O)Cc2ccc(S(=O)(=O)N3CCCCC3)s2)ccc1Br. The molecule has 0 bridgehead atoms. The average molecular weight is 515 g/mol. The minimum Gasteiger partial charge on any atom is -0.455 e. The highest BCUT2D eigenvalue weighted by Gasteiger charge is 2.27. The van der Waals surface area contributed by atoms with Crippen LogP contribution in [0, 0.1) is 6.92 Å². The summed E-state index contributed by atoms with van der Waals surface area (Å²) in [6.45, 7) is 2.56. The number of benzene rings is 1. The van der Waals surface area contributed by atoms with Gasteiger partial charge in [-0.2, -0.15) is 4.31 Å². The molecule has 1 aromatic heterocycles. The van der Waals surface area contributed by atoms with Crippen LogP contribution >= 0.6 is 27.3 Å². The first-order valence-electron chi connectivity index (χ1n) is 9.56. The summed E-state index contributed by atoms with van der Waals surface area (Å²) in [6.07, 6.45) is 2.70. The number of hydrogen-bond donors (Lipinski definition) is 1. The molecular weight excluding hydrogens is 492 g/mol. The van der Waals surface area contributed by atoms with E-state index in [4.69, 9.17) is 4.74 Å². The zero-order chi connectivity index (χ0) is 21.7. The fourth-order valence-electron chi connectivity index (χ4n) is 3.08. The van der Waals surface area contributed by atoms with Crippen LogP contribution in [0.15, 0.2) is 39.0 Å². The highest BCUT2D eigenvalue weighted by molar-refractivity contribution is 9.10. The summed E-state index contributed by atoms with van der Waals surface area (Å²) in [4.78, 5) is 24.6. The summed E-state index contributed by atoms with van der Waals surface area (Å²) in [6, 6.07) is 8.52. The molecule has 7 nitrogen and oxygen atoms in total. The van der Waals surface area contributed by atoms with Crippen LogP contribution in [-0.4, -0.2) is 44.3 Å². The van der Waals surface area contributed by atoms with E-state index in [0.29, 0.717) is 23.7 Å². The molecule has 0 aliphatic carbocycles. The third-order valence-electron chi connectivity index (χ3n) is 4.67. The number of rotatable bonds is 7. The van der Waals surface area contributed by atoms with Crippen molar-refractivity contribution in [2.75, 3.05) is 25.0 Å². The maximum Gasteiger partial charge on any atom is 0.311 e. The number of nitrogens with zero attached hydrogens (tertiary/aromatic N) is 1. The molecule has 1 saturated heterocycles. The van der Waals surface area contributed by atoms with Crippen LogP contribution in [0.2, 0.25) is 0 Å².